The minimum atomic E-state index is -4.40. The van der Waals surface area contributed by atoms with E-state index in [1.54, 1.807) is 0 Å². The van der Waals surface area contributed by atoms with Crippen molar-refractivity contribution in [3.63, 3.8) is 0 Å². The number of nitrogens with zero attached hydrogens (tertiary/aromatic N) is 1. The smallest absolute Gasteiger partial charge is 0.264 e. The minimum Gasteiger partial charge on any atom is -0.264 e. The molecule has 0 saturated carbocycles. The molecule has 0 fully saturated rings. The number of aromatic nitrogens is 1. The fraction of sp³-hybridized carbons (Fsp3) is 0.222. The number of allylic oxidation sites excluding steroid dienone is 1. The number of alkyl halides is 4. The van der Waals surface area contributed by atoms with E-state index in [1.165, 1.54) is 0 Å². The van der Waals surface area contributed by atoms with Crippen LogP contribution < -0.4 is 0 Å². The second kappa shape index (κ2) is 4.00. The highest BCUT2D eigenvalue weighted by atomic mass is 35.5. The Labute approximate surface area is 84.2 Å². The lowest BCUT2D eigenvalue weighted by molar-refractivity contribution is -0.137. The lowest BCUT2D eigenvalue weighted by Gasteiger charge is -2.12. The third-order valence-electron chi connectivity index (χ3n) is 1.67. The van der Waals surface area contributed by atoms with Gasteiger partial charge in [-0.3, -0.25) is 4.98 Å². The van der Waals surface area contributed by atoms with Crippen molar-refractivity contribution in [2.45, 2.75) is 6.18 Å². The molecule has 0 radical (unpaired) electrons. The van der Waals surface area contributed by atoms with Gasteiger partial charge in [0.15, 0.2) is 0 Å². The molecule has 0 saturated heterocycles. The van der Waals surface area contributed by atoms with Crippen molar-refractivity contribution < 1.29 is 13.2 Å². The first kappa shape index (κ1) is 11.0. The van der Waals surface area contributed by atoms with E-state index in [-0.39, 0.29) is 17.0 Å². The topological polar surface area (TPSA) is 12.9 Å². The van der Waals surface area contributed by atoms with Crippen molar-refractivity contribution in [3.05, 3.63) is 36.2 Å². The van der Waals surface area contributed by atoms with Crippen LogP contribution in [-0.4, -0.2) is 10.9 Å². The predicted molar refractivity (Wildman–Crippen MR) is 49.0 cm³/mol. The lowest BCUT2D eigenvalue weighted by Crippen LogP contribution is -2.09. The summed E-state index contributed by atoms with van der Waals surface area (Å²) < 4.78 is 37.3. The molecule has 0 unspecified atom stereocenters. The van der Waals surface area contributed by atoms with Crippen molar-refractivity contribution >= 4 is 17.2 Å². The van der Waals surface area contributed by atoms with Gasteiger partial charge < -0.3 is 0 Å². The monoisotopic (exact) mass is 221 g/mol. The van der Waals surface area contributed by atoms with Crippen LogP contribution in [0, 0.1) is 0 Å². The molecular weight excluding hydrogens is 215 g/mol. The number of halogens is 4. The molecule has 0 aromatic carbocycles. The van der Waals surface area contributed by atoms with E-state index >= 15 is 0 Å². The predicted octanol–water partition coefficient (Wildman–Crippen LogP) is 3.35. The highest BCUT2D eigenvalue weighted by Crippen LogP contribution is 2.34. The zero-order chi connectivity index (χ0) is 10.8. The van der Waals surface area contributed by atoms with Crippen LogP contribution in [0.4, 0.5) is 13.2 Å². The summed E-state index contributed by atoms with van der Waals surface area (Å²) in [6.45, 7) is 3.45. The van der Waals surface area contributed by atoms with Gasteiger partial charge in [-0.15, -0.1) is 11.6 Å². The average molecular weight is 222 g/mol. The Balaban J connectivity index is 3.23. The molecule has 1 nitrogen and oxygen atoms in total. The van der Waals surface area contributed by atoms with E-state index in [0.29, 0.717) is 0 Å². The lowest BCUT2D eigenvalue weighted by atomic mass is 10.0. The quantitative estimate of drug-likeness (QED) is 0.698. The summed E-state index contributed by atoms with van der Waals surface area (Å²) in [6, 6.07) is 0.910. The van der Waals surface area contributed by atoms with Crippen LogP contribution in [0.1, 0.15) is 11.1 Å². The molecule has 0 aliphatic rings. The highest BCUT2D eigenvalue weighted by Gasteiger charge is 2.33. The Morgan fingerprint density at radius 2 is 2.14 bits per heavy atom. The van der Waals surface area contributed by atoms with Gasteiger partial charge in [-0.05, 0) is 11.6 Å². The maximum atomic E-state index is 12.4. The van der Waals surface area contributed by atoms with E-state index < -0.39 is 11.7 Å². The molecule has 0 amide bonds. The van der Waals surface area contributed by atoms with Gasteiger partial charge in [0.1, 0.15) is 0 Å². The fourth-order valence-corrected chi connectivity index (χ4v) is 1.14. The molecule has 1 rings (SSSR count). The molecule has 76 valence electrons. The molecule has 0 aliphatic heterocycles. The maximum Gasteiger partial charge on any atom is 0.417 e. The van der Waals surface area contributed by atoms with E-state index in [0.717, 1.165) is 18.5 Å². The molecule has 0 atom stereocenters. The fourth-order valence-electron chi connectivity index (χ4n) is 0.995. The Bertz CT molecular complexity index is 346. The summed E-state index contributed by atoms with van der Waals surface area (Å²) >= 11 is 5.41. The van der Waals surface area contributed by atoms with E-state index in [2.05, 4.69) is 11.6 Å². The van der Waals surface area contributed by atoms with Gasteiger partial charge >= 0.3 is 6.18 Å². The summed E-state index contributed by atoms with van der Waals surface area (Å²) in [5.41, 5.74) is -0.583. The molecule has 1 heterocycles. The zero-order valence-corrected chi connectivity index (χ0v) is 7.86. The molecular formula is C9H7ClF3N. The first-order chi connectivity index (χ1) is 6.46. The van der Waals surface area contributed by atoms with Crippen LogP contribution in [0.2, 0.25) is 0 Å². The van der Waals surface area contributed by atoms with Gasteiger partial charge in [-0.2, -0.15) is 13.2 Å². The summed E-state index contributed by atoms with van der Waals surface area (Å²) in [7, 11) is 0. The summed E-state index contributed by atoms with van der Waals surface area (Å²) in [4.78, 5) is 3.61. The first-order valence-corrected chi connectivity index (χ1v) is 4.25. The Hall–Kier alpha value is -1.03. The standard InChI is InChI=1S/C9H7ClF3N/c1-6(4-10)7-5-14-3-2-8(7)9(11,12)13/h2-3,5H,1,4H2. The Kier molecular flexibility index (Phi) is 3.16. The Morgan fingerprint density at radius 3 is 2.64 bits per heavy atom. The highest BCUT2D eigenvalue weighted by molar-refractivity contribution is 6.23. The van der Waals surface area contributed by atoms with Crippen LogP contribution in [0.15, 0.2) is 25.0 Å². The Morgan fingerprint density at radius 1 is 1.50 bits per heavy atom. The molecule has 0 spiro atoms. The normalized spacial score (nSPS) is 11.4. The van der Waals surface area contributed by atoms with Gasteiger partial charge in [-0.25, -0.2) is 0 Å². The number of hydrogen-bond donors (Lipinski definition) is 0. The van der Waals surface area contributed by atoms with Gasteiger partial charge in [0.05, 0.1) is 5.56 Å². The van der Waals surface area contributed by atoms with Crippen molar-refractivity contribution in [1.82, 2.24) is 4.98 Å². The summed E-state index contributed by atoms with van der Waals surface area (Å²) in [6.07, 6.45) is -2.19. The van der Waals surface area contributed by atoms with Crippen LogP contribution in [-0.2, 0) is 6.18 Å². The zero-order valence-electron chi connectivity index (χ0n) is 7.11. The second-order valence-electron chi connectivity index (χ2n) is 2.66. The average Bonchev–Trinajstić information content (AvgIpc) is 2.15. The molecule has 0 bridgehead atoms. The van der Waals surface area contributed by atoms with Crippen LogP contribution >= 0.6 is 11.6 Å². The SMILES string of the molecule is C=C(CCl)c1cnccc1C(F)(F)F. The van der Waals surface area contributed by atoms with Crippen LogP contribution in [0.25, 0.3) is 5.57 Å². The molecule has 1 aromatic heterocycles. The van der Waals surface area contributed by atoms with E-state index in [4.69, 9.17) is 11.6 Å². The summed E-state index contributed by atoms with van der Waals surface area (Å²) in [5.74, 6) is -0.0469. The minimum absolute atomic E-state index is 0.0463. The third-order valence-corrected chi connectivity index (χ3v) is 1.99. The maximum absolute atomic E-state index is 12.4. The van der Waals surface area contributed by atoms with Gasteiger partial charge in [-0.1, -0.05) is 6.58 Å². The van der Waals surface area contributed by atoms with E-state index in [9.17, 15) is 13.2 Å². The molecule has 0 N–H and O–H groups in total. The van der Waals surface area contributed by atoms with E-state index in [1.807, 2.05) is 0 Å². The first-order valence-electron chi connectivity index (χ1n) is 3.72. The van der Waals surface area contributed by atoms with Crippen LogP contribution in [0.5, 0.6) is 0 Å². The third kappa shape index (κ3) is 2.26. The van der Waals surface area contributed by atoms with Gasteiger partial charge in [0.2, 0.25) is 0 Å². The second-order valence-corrected chi connectivity index (χ2v) is 2.92. The van der Waals surface area contributed by atoms with Gasteiger partial charge in [0, 0.05) is 23.8 Å². The number of hydrogen-bond acceptors (Lipinski definition) is 1. The van der Waals surface area contributed by atoms with Crippen molar-refractivity contribution in [1.29, 1.82) is 0 Å². The van der Waals surface area contributed by atoms with Crippen molar-refractivity contribution in [3.8, 4) is 0 Å². The van der Waals surface area contributed by atoms with Crippen molar-refractivity contribution in [2.75, 3.05) is 5.88 Å². The summed E-state index contributed by atoms with van der Waals surface area (Å²) in [5, 5.41) is 0. The molecule has 0 aliphatic carbocycles. The number of rotatable bonds is 2. The molecule has 1 aromatic rings. The largest absolute Gasteiger partial charge is 0.417 e. The molecule has 5 heteroatoms. The van der Waals surface area contributed by atoms with Crippen LogP contribution in [0.3, 0.4) is 0 Å². The van der Waals surface area contributed by atoms with Crippen molar-refractivity contribution in [2.24, 2.45) is 0 Å². The molecule has 14 heavy (non-hydrogen) atoms. The van der Waals surface area contributed by atoms with Gasteiger partial charge in [0.25, 0.3) is 0 Å². The number of pyridine rings is 1.